The lowest BCUT2D eigenvalue weighted by Gasteiger charge is -2.10. The molecule has 4 heteroatoms. The Bertz CT molecular complexity index is 396. The average Bonchev–Trinajstić information content (AvgIpc) is 2.14. The molecule has 16 heavy (non-hydrogen) atoms. The molecule has 1 unspecified atom stereocenters. The predicted octanol–water partition coefficient (Wildman–Crippen LogP) is 1.38. The molecule has 0 spiro atoms. The first kappa shape index (κ1) is 12.9. The summed E-state index contributed by atoms with van der Waals surface area (Å²) >= 11 is 0. The lowest BCUT2D eigenvalue weighted by atomic mass is 10.1. The van der Waals surface area contributed by atoms with E-state index in [1.165, 1.54) is 0 Å². The molecular weight excluding hydrogens is 202 g/mol. The first-order valence-corrected chi connectivity index (χ1v) is 5.81. The van der Waals surface area contributed by atoms with Crippen LogP contribution < -0.4 is 11.3 Å². The zero-order chi connectivity index (χ0) is 12.1. The molecule has 0 radical (unpaired) electrons. The summed E-state index contributed by atoms with van der Waals surface area (Å²) in [6.07, 6.45) is 3.04. The molecule has 0 bridgehead atoms. The fourth-order valence-electron chi connectivity index (χ4n) is 1.77. The standard InChI is InChI=1S/C12H21N3O/c1-9(13)6-4-5-7-15-11(3)14-10(2)8-12(15)16/h8-9H,4-7,13H2,1-3H3. The summed E-state index contributed by atoms with van der Waals surface area (Å²) in [6, 6.07) is 1.83. The third-order valence-corrected chi connectivity index (χ3v) is 2.62. The van der Waals surface area contributed by atoms with Crippen molar-refractivity contribution in [3.8, 4) is 0 Å². The van der Waals surface area contributed by atoms with E-state index in [1.807, 2.05) is 20.8 Å². The smallest absolute Gasteiger partial charge is 0.253 e. The topological polar surface area (TPSA) is 60.9 Å². The quantitative estimate of drug-likeness (QED) is 0.767. The molecule has 0 saturated carbocycles. The van der Waals surface area contributed by atoms with Crippen LogP contribution in [0.3, 0.4) is 0 Å². The van der Waals surface area contributed by atoms with Crippen molar-refractivity contribution in [3.63, 3.8) is 0 Å². The summed E-state index contributed by atoms with van der Waals surface area (Å²) in [5.41, 5.74) is 6.50. The largest absolute Gasteiger partial charge is 0.328 e. The van der Waals surface area contributed by atoms with Crippen LogP contribution in [-0.4, -0.2) is 15.6 Å². The minimum absolute atomic E-state index is 0.0470. The number of aryl methyl sites for hydroxylation is 2. The minimum Gasteiger partial charge on any atom is -0.328 e. The molecule has 0 aliphatic carbocycles. The van der Waals surface area contributed by atoms with Crippen molar-refractivity contribution in [3.05, 3.63) is 27.9 Å². The highest BCUT2D eigenvalue weighted by atomic mass is 16.1. The van der Waals surface area contributed by atoms with Gasteiger partial charge in [0, 0.05) is 24.3 Å². The highest BCUT2D eigenvalue weighted by Gasteiger charge is 2.02. The van der Waals surface area contributed by atoms with E-state index in [9.17, 15) is 4.79 Å². The summed E-state index contributed by atoms with van der Waals surface area (Å²) in [5, 5.41) is 0. The summed E-state index contributed by atoms with van der Waals surface area (Å²) in [4.78, 5) is 16.0. The Morgan fingerprint density at radius 1 is 1.44 bits per heavy atom. The van der Waals surface area contributed by atoms with Gasteiger partial charge in [-0.3, -0.25) is 9.36 Å². The fourth-order valence-corrected chi connectivity index (χ4v) is 1.77. The second-order valence-corrected chi connectivity index (χ2v) is 4.41. The first-order valence-electron chi connectivity index (χ1n) is 5.81. The van der Waals surface area contributed by atoms with Gasteiger partial charge in [0.1, 0.15) is 5.82 Å². The van der Waals surface area contributed by atoms with Gasteiger partial charge in [-0.2, -0.15) is 0 Å². The molecule has 1 aromatic heterocycles. The van der Waals surface area contributed by atoms with Crippen LogP contribution in [0.1, 0.15) is 37.7 Å². The van der Waals surface area contributed by atoms with Crippen molar-refractivity contribution in [2.45, 2.75) is 52.6 Å². The van der Waals surface area contributed by atoms with Crippen LogP contribution in [0.25, 0.3) is 0 Å². The lowest BCUT2D eigenvalue weighted by Crippen LogP contribution is -2.24. The Morgan fingerprint density at radius 2 is 2.12 bits per heavy atom. The van der Waals surface area contributed by atoms with Gasteiger partial charge in [-0.05, 0) is 33.6 Å². The van der Waals surface area contributed by atoms with Crippen LogP contribution in [-0.2, 0) is 6.54 Å². The zero-order valence-electron chi connectivity index (χ0n) is 10.4. The molecule has 1 aromatic rings. The summed E-state index contributed by atoms with van der Waals surface area (Å²) < 4.78 is 1.73. The Balaban J connectivity index is 2.57. The van der Waals surface area contributed by atoms with Gasteiger partial charge in [-0.15, -0.1) is 0 Å². The molecule has 2 N–H and O–H groups in total. The monoisotopic (exact) mass is 223 g/mol. The maximum atomic E-state index is 11.7. The molecule has 0 amide bonds. The van der Waals surface area contributed by atoms with Gasteiger partial charge < -0.3 is 5.73 Å². The van der Waals surface area contributed by atoms with Crippen molar-refractivity contribution >= 4 is 0 Å². The molecule has 1 heterocycles. The maximum Gasteiger partial charge on any atom is 0.253 e. The Kier molecular flexibility index (Phi) is 4.68. The van der Waals surface area contributed by atoms with E-state index < -0.39 is 0 Å². The summed E-state index contributed by atoms with van der Waals surface area (Å²) in [7, 11) is 0. The van der Waals surface area contributed by atoms with E-state index in [4.69, 9.17) is 5.73 Å². The highest BCUT2D eigenvalue weighted by molar-refractivity contribution is 5.01. The first-order chi connectivity index (χ1) is 7.50. The van der Waals surface area contributed by atoms with E-state index in [-0.39, 0.29) is 11.6 Å². The number of aromatic nitrogens is 2. The number of nitrogens with two attached hydrogens (primary N) is 1. The molecule has 0 aliphatic rings. The third kappa shape index (κ3) is 3.77. The molecule has 1 rings (SSSR count). The highest BCUT2D eigenvalue weighted by Crippen LogP contribution is 2.02. The summed E-state index contributed by atoms with van der Waals surface area (Å²) in [6.45, 7) is 6.46. The second kappa shape index (κ2) is 5.80. The van der Waals surface area contributed by atoms with Crippen LogP contribution in [0.5, 0.6) is 0 Å². The van der Waals surface area contributed by atoms with E-state index in [2.05, 4.69) is 4.98 Å². The van der Waals surface area contributed by atoms with Gasteiger partial charge in [-0.25, -0.2) is 4.98 Å². The van der Waals surface area contributed by atoms with E-state index >= 15 is 0 Å². The van der Waals surface area contributed by atoms with Gasteiger partial charge in [0.2, 0.25) is 0 Å². The molecule has 90 valence electrons. The molecule has 0 aromatic carbocycles. The van der Waals surface area contributed by atoms with Crippen molar-refractivity contribution in [2.24, 2.45) is 5.73 Å². The minimum atomic E-state index is 0.0470. The molecule has 0 aliphatic heterocycles. The van der Waals surface area contributed by atoms with Gasteiger partial charge in [0.25, 0.3) is 5.56 Å². The maximum absolute atomic E-state index is 11.7. The normalized spacial score (nSPS) is 12.8. The average molecular weight is 223 g/mol. The Morgan fingerprint density at radius 3 is 2.69 bits per heavy atom. The van der Waals surface area contributed by atoms with E-state index in [0.717, 1.165) is 37.3 Å². The third-order valence-electron chi connectivity index (χ3n) is 2.62. The van der Waals surface area contributed by atoms with Crippen LogP contribution in [0.2, 0.25) is 0 Å². The van der Waals surface area contributed by atoms with Gasteiger partial charge >= 0.3 is 0 Å². The SMILES string of the molecule is Cc1cc(=O)n(CCCCC(C)N)c(C)n1. The van der Waals surface area contributed by atoms with Crippen molar-refractivity contribution in [1.82, 2.24) is 9.55 Å². The zero-order valence-corrected chi connectivity index (χ0v) is 10.4. The number of hydrogen-bond acceptors (Lipinski definition) is 3. The number of hydrogen-bond donors (Lipinski definition) is 1. The van der Waals surface area contributed by atoms with Crippen LogP contribution in [0.4, 0.5) is 0 Å². The summed E-state index contributed by atoms with van der Waals surface area (Å²) in [5.74, 6) is 0.797. The van der Waals surface area contributed by atoms with Crippen LogP contribution >= 0.6 is 0 Å². The molecule has 0 saturated heterocycles. The molecule has 4 nitrogen and oxygen atoms in total. The van der Waals surface area contributed by atoms with E-state index in [0.29, 0.717) is 0 Å². The molecule has 1 atom stereocenters. The molecule has 0 fully saturated rings. The van der Waals surface area contributed by atoms with Crippen LogP contribution in [0.15, 0.2) is 10.9 Å². The Labute approximate surface area is 96.5 Å². The van der Waals surface area contributed by atoms with Crippen LogP contribution in [0, 0.1) is 13.8 Å². The van der Waals surface area contributed by atoms with Crippen molar-refractivity contribution in [2.75, 3.05) is 0 Å². The lowest BCUT2D eigenvalue weighted by molar-refractivity contribution is 0.528. The Hall–Kier alpha value is -1.16. The number of unbranched alkanes of at least 4 members (excludes halogenated alkanes) is 1. The number of rotatable bonds is 5. The van der Waals surface area contributed by atoms with Crippen molar-refractivity contribution < 1.29 is 0 Å². The fraction of sp³-hybridized carbons (Fsp3) is 0.667. The van der Waals surface area contributed by atoms with Crippen molar-refractivity contribution in [1.29, 1.82) is 0 Å². The predicted molar refractivity (Wildman–Crippen MR) is 65.5 cm³/mol. The van der Waals surface area contributed by atoms with Gasteiger partial charge in [-0.1, -0.05) is 6.42 Å². The number of nitrogens with zero attached hydrogens (tertiary/aromatic N) is 2. The van der Waals surface area contributed by atoms with Gasteiger partial charge in [0.05, 0.1) is 0 Å². The van der Waals surface area contributed by atoms with Gasteiger partial charge in [0.15, 0.2) is 0 Å². The van der Waals surface area contributed by atoms with E-state index in [1.54, 1.807) is 10.6 Å². The second-order valence-electron chi connectivity index (χ2n) is 4.41. The molecular formula is C12H21N3O.